The molecule has 0 atom stereocenters. The molecular weight excluding hydrogens is 204 g/mol. The largest absolute Gasteiger partial charge is 0.479 e. The lowest BCUT2D eigenvalue weighted by molar-refractivity contribution is 0.399. The minimum Gasteiger partial charge on any atom is -0.479 e. The summed E-state index contributed by atoms with van der Waals surface area (Å²) in [6, 6.07) is 0.482. The molecule has 0 aromatic carbocycles. The minimum absolute atomic E-state index is 0.438. The van der Waals surface area contributed by atoms with Crippen LogP contribution in [0.3, 0.4) is 0 Å². The molecule has 3 N–H and O–H groups in total. The molecule has 0 bridgehead atoms. The van der Waals surface area contributed by atoms with Gasteiger partial charge in [-0.25, -0.2) is 4.98 Å². The molecule has 0 unspecified atom stereocenters. The Morgan fingerprint density at radius 3 is 2.75 bits per heavy atom. The van der Waals surface area contributed by atoms with Gasteiger partial charge in [0.1, 0.15) is 12.0 Å². The number of anilines is 2. The van der Waals surface area contributed by atoms with Gasteiger partial charge in [-0.15, -0.1) is 0 Å². The Labute approximate surface area is 95.4 Å². The normalized spacial score (nSPS) is 17.1. The Morgan fingerprint density at radius 2 is 2.06 bits per heavy atom. The molecule has 1 aliphatic carbocycles. The van der Waals surface area contributed by atoms with Crippen molar-refractivity contribution in [1.82, 2.24) is 9.97 Å². The zero-order valence-electron chi connectivity index (χ0n) is 9.57. The van der Waals surface area contributed by atoms with Crippen molar-refractivity contribution in [3.8, 4) is 5.88 Å². The van der Waals surface area contributed by atoms with Gasteiger partial charge < -0.3 is 15.8 Å². The quantitative estimate of drug-likeness (QED) is 0.816. The third-order valence-electron chi connectivity index (χ3n) is 2.99. The molecule has 5 nitrogen and oxygen atoms in total. The van der Waals surface area contributed by atoms with Gasteiger partial charge in [-0.2, -0.15) is 4.98 Å². The first-order valence-corrected chi connectivity index (χ1v) is 5.72. The fourth-order valence-electron chi connectivity index (χ4n) is 2.10. The second-order valence-electron chi connectivity index (χ2n) is 4.12. The van der Waals surface area contributed by atoms with Crippen LogP contribution in [-0.2, 0) is 0 Å². The van der Waals surface area contributed by atoms with Crippen LogP contribution in [0.15, 0.2) is 6.33 Å². The van der Waals surface area contributed by atoms with Gasteiger partial charge in [-0.1, -0.05) is 19.3 Å². The number of hydrogen-bond acceptors (Lipinski definition) is 5. The van der Waals surface area contributed by atoms with Crippen molar-refractivity contribution in [2.45, 2.75) is 38.1 Å². The number of nitrogens with two attached hydrogens (primary N) is 1. The van der Waals surface area contributed by atoms with Crippen LogP contribution in [0, 0.1) is 0 Å². The summed E-state index contributed by atoms with van der Waals surface area (Å²) in [5.41, 5.74) is 6.39. The highest BCUT2D eigenvalue weighted by atomic mass is 16.5. The third-order valence-corrected chi connectivity index (χ3v) is 2.99. The average molecular weight is 222 g/mol. The van der Waals surface area contributed by atoms with Gasteiger partial charge in [0.2, 0.25) is 5.88 Å². The van der Waals surface area contributed by atoms with Gasteiger partial charge in [0, 0.05) is 6.04 Å². The third kappa shape index (κ3) is 2.35. The maximum absolute atomic E-state index is 5.90. The minimum atomic E-state index is 0.438. The summed E-state index contributed by atoms with van der Waals surface area (Å²) >= 11 is 0. The molecule has 1 heterocycles. The van der Waals surface area contributed by atoms with E-state index in [4.69, 9.17) is 10.5 Å². The Balaban J connectivity index is 2.08. The molecule has 1 aromatic heterocycles. The second-order valence-corrected chi connectivity index (χ2v) is 4.12. The molecule has 0 radical (unpaired) electrons. The number of nitrogens with zero attached hydrogens (tertiary/aromatic N) is 2. The SMILES string of the molecule is COc1ncnc(NC2CCCCC2)c1N. The summed E-state index contributed by atoms with van der Waals surface area (Å²) in [5, 5.41) is 3.37. The second kappa shape index (κ2) is 5.01. The molecule has 16 heavy (non-hydrogen) atoms. The molecule has 2 rings (SSSR count). The van der Waals surface area contributed by atoms with Crippen LogP contribution >= 0.6 is 0 Å². The highest BCUT2D eigenvalue weighted by Gasteiger charge is 2.16. The topological polar surface area (TPSA) is 73.1 Å². The number of aromatic nitrogens is 2. The van der Waals surface area contributed by atoms with Crippen molar-refractivity contribution in [3.63, 3.8) is 0 Å². The average Bonchev–Trinajstić information content (AvgIpc) is 2.33. The molecule has 1 saturated carbocycles. The maximum atomic E-state index is 5.90. The number of rotatable bonds is 3. The highest BCUT2D eigenvalue weighted by Crippen LogP contribution is 2.27. The fourth-order valence-corrected chi connectivity index (χ4v) is 2.10. The zero-order chi connectivity index (χ0) is 11.4. The van der Waals surface area contributed by atoms with Crippen LogP contribution in [0.5, 0.6) is 5.88 Å². The van der Waals surface area contributed by atoms with Gasteiger partial charge in [-0.05, 0) is 12.8 Å². The molecule has 5 heteroatoms. The summed E-state index contributed by atoms with van der Waals surface area (Å²) in [6.45, 7) is 0. The number of ether oxygens (including phenoxy) is 1. The van der Waals surface area contributed by atoms with Crippen LogP contribution < -0.4 is 15.8 Å². The van der Waals surface area contributed by atoms with Gasteiger partial charge >= 0.3 is 0 Å². The zero-order valence-corrected chi connectivity index (χ0v) is 9.57. The van der Waals surface area contributed by atoms with E-state index < -0.39 is 0 Å². The van der Waals surface area contributed by atoms with E-state index in [9.17, 15) is 0 Å². The lowest BCUT2D eigenvalue weighted by atomic mass is 9.95. The number of methoxy groups -OCH3 is 1. The molecule has 1 fully saturated rings. The van der Waals surface area contributed by atoms with Gasteiger partial charge in [0.15, 0.2) is 5.82 Å². The molecule has 0 spiro atoms. The lowest BCUT2D eigenvalue weighted by Crippen LogP contribution is -2.23. The molecule has 0 amide bonds. The van der Waals surface area contributed by atoms with E-state index in [1.54, 1.807) is 7.11 Å². The van der Waals surface area contributed by atoms with Gasteiger partial charge in [0.05, 0.1) is 7.11 Å². The van der Waals surface area contributed by atoms with Crippen LogP contribution in [0.2, 0.25) is 0 Å². The number of nitrogens with one attached hydrogen (secondary N) is 1. The monoisotopic (exact) mass is 222 g/mol. The Morgan fingerprint density at radius 1 is 1.31 bits per heavy atom. The fraction of sp³-hybridized carbons (Fsp3) is 0.636. The smallest absolute Gasteiger partial charge is 0.242 e. The summed E-state index contributed by atoms with van der Waals surface area (Å²) in [7, 11) is 1.56. The Hall–Kier alpha value is -1.52. The van der Waals surface area contributed by atoms with E-state index in [1.807, 2.05) is 0 Å². The van der Waals surface area contributed by atoms with Gasteiger partial charge in [0.25, 0.3) is 0 Å². The van der Waals surface area contributed by atoms with Crippen molar-refractivity contribution in [1.29, 1.82) is 0 Å². The first-order chi connectivity index (χ1) is 7.81. The van der Waals surface area contributed by atoms with Crippen molar-refractivity contribution < 1.29 is 4.74 Å². The predicted molar refractivity (Wildman–Crippen MR) is 63.5 cm³/mol. The summed E-state index contributed by atoms with van der Waals surface area (Å²) < 4.78 is 5.06. The Kier molecular flexibility index (Phi) is 3.44. The van der Waals surface area contributed by atoms with Crippen molar-refractivity contribution in [2.75, 3.05) is 18.2 Å². The molecule has 1 aliphatic rings. The van der Waals surface area contributed by atoms with Crippen LogP contribution in [-0.4, -0.2) is 23.1 Å². The van der Waals surface area contributed by atoms with Crippen LogP contribution in [0.25, 0.3) is 0 Å². The summed E-state index contributed by atoms with van der Waals surface area (Å²) in [4.78, 5) is 8.11. The number of hydrogen-bond donors (Lipinski definition) is 2. The summed E-state index contributed by atoms with van der Waals surface area (Å²) in [5.74, 6) is 1.13. The van der Waals surface area contributed by atoms with Crippen LogP contribution in [0.1, 0.15) is 32.1 Å². The van der Waals surface area contributed by atoms with Crippen molar-refractivity contribution in [3.05, 3.63) is 6.33 Å². The van der Waals surface area contributed by atoms with Crippen molar-refractivity contribution >= 4 is 11.5 Å². The first-order valence-electron chi connectivity index (χ1n) is 5.72. The standard InChI is InChI=1S/C11H18N4O/c1-16-11-9(12)10(13-7-14-11)15-8-5-3-2-4-6-8/h7-8H,2-6,12H2,1H3,(H,13,14,15). The molecule has 0 saturated heterocycles. The molecule has 0 aliphatic heterocycles. The first kappa shape index (κ1) is 11.0. The molecular formula is C11H18N4O. The number of nitrogen functional groups attached to an aromatic ring is 1. The highest BCUT2D eigenvalue weighted by molar-refractivity contribution is 5.66. The van der Waals surface area contributed by atoms with E-state index in [-0.39, 0.29) is 0 Å². The van der Waals surface area contributed by atoms with E-state index in [2.05, 4.69) is 15.3 Å². The van der Waals surface area contributed by atoms with E-state index in [1.165, 1.54) is 38.4 Å². The maximum Gasteiger partial charge on any atom is 0.242 e. The predicted octanol–water partition coefficient (Wildman–Crippen LogP) is 1.81. The Bertz CT molecular complexity index is 350. The van der Waals surface area contributed by atoms with E-state index in [0.717, 1.165) is 0 Å². The van der Waals surface area contributed by atoms with Gasteiger partial charge in [-0.3, -0.25) is 0 Å². The lowest BCUT2D eigenvalue weighted by Gasteiger charge is -2.23. The van der Waals surface area contributed by atoms with E-state index in [0.29, 0.717) is 23.4 Å². The molecule has 1 aromatic rings. The molecule has 88 valence electrons. The van der Waals surface area contributed by atoms with E-state index >= 15 is 0 Å². The summed E-state index contributed by atoms with van der Waals surface area (Å²) in [6.07, 6.45) is 7.73. The van der Waals surface area contributed by atoms with Crippen molar-refractivity contribution in [2.24, 2.45) is 0 Å². The van der Waals surface area contributed by atoms with Crippen LogP contribution in [0.4, 0.5) is 11.5 Å².